The van der Waals surface area contributed by atoms with Crippen molar-refractivity contribution in [3.63, 3.8) is 0 Å². The van der Waals surface area contributed by atoms with Crippen molar-refractivity contribution < 1.29 is 10.3 Å². The Morgan fingerprint density at radius 2 is 1.50 bits per heavy atom. The van der Waals surface area contributed by atoms with Gasteiger partial charge in [0.2, 0.25) is 0 Å². The number of ketones is 1. The van der Waals surface area contributed by atoms with Gasteiger partial charge in [-0.2, -0.15) is 0 Å². The van der Waals surface area contributed by atoms with Crippen LogP contribution in [0, 0.1) is 40.4 Å². The summed E-state index contributed by atoms with van der Waals surface area (Å²) in [7, 11) is 4.61. The van der Waals surface area contributed by atoms with Crippen molar-refractivity contribution in [3.8, 4) is 0 Å². The van der Waals surface area contributed by atoms with Gasteiger partial charge in [0, 0.05) is 12.0 Å². The number of Topliss-reactive ketones (excluding diaryl/α,β-unsaturated/α-hetero) is 1. The first kappa shape index (κ1) is 27.6. The van der Waals surface area contributed by atoms with E-state index in [0.29, 0.717) is 23.2 Å². The zero-order valence-electron chi connectivity index (χ0n) is 21.7. The first-order valence-corrected chi connectivity index (χ1v) is 13.0. The van der Waals surface area contributed by atoms with E-state index in [4.69, 9.17) is 0 Å². The van der Waals surface area contributed by atoms with Crippen LogP contribution in [-0.2, 0) is 4.79 Å². The van der Waals surface area contributed by atoms with E-state index in [9.17, 15) is 4.79 Å². The molecule has 178 valence electrons. The molecule has 4 saturated carbocycles. The zero-order chi connectivity index (χ0) is 22.0. The molecular formula is C27H53NO2. The Bertz CT molecular complexity index is 547. The fourth-order valence-corrected chi connectivity index (χ4v) is 8.59. The van der Waals surface area contributed by atoms with E-state index in [1.807, 2.05) is 34.6 Å². The lowest BCUT2D eigenvalue weighted by Gasteiger charge is -2.64. The van der Waals surface area contributed by atoms with Crippen LogP contribution in [0.5, 0.6) is 0 Å². The van der Waals surface area contributed by atoms with Crippen molar-refractivity contribution >= 4 is 5.78 Å². The number of hydrogen-bond acceptors (Lipinski definition) is 2. The van der Waals surface area contributed by atoms with Crippen molar-refractivity contribution in [1.82, 2.24) is 4.90 Å². The molecule has 0 spiro atoms. The number of rotatable bonds is 2. The van der Waals surface area contributed by atoms with Crippen LogP contribution in [-0.4, -0.2) is 36.3 Å². The van der Waals surface area contributed by atoms with Gasteiger partial charge in [0.15, 0.2) is 0 Å². The highest BCUT2D eigenvalue weighted by Gasteiger charge is 2.63. The van der Waals surface area contributed by atoms with Crippen LogP contribution in [0.1, 0.15) is 106 Å². The maximum Gasteiger partial charge on any atom is 0.133 e. The number of hydrogen-bond donors (Lipinski definition) is 0. The molecule has 0 bridgehead atoms. The van der Waals surface area contributed by atoms with Gasteiger partial charge in [0.05, 0.1) is 0 Å². The molecule has 3 nitrogen and oxygen atoms in total. The van der Waals surface area contributed by atoms with Crippen LogP contribution < -0.4 is 0 Å². The standard InChI is InChI=1S/C23H39NO.2C2H6.H2O/c1-15(25)18-11-12-19-17-10-9-16-8-6-7-13-22(16,2)21(17)20(24(4)5)14-23(18,19)3;2*1-2;/h16-21H,6-14H2,1-5H3;2*1-2H3;1H2/t16?,17-,18+,19?,20-,21?,22-,23?;;;/m0.../s1. The molecule has 4 aliphatic carbocycles. The van der Waals surface area contributed by atoms with Crippen molar-refractivity contribution in [3.05, 3.63) is 0 Å². The number of carbonyl (C=O) groups is 1. The third-order valence-electron chi connectivity index (χ3n) is 9.67. The van der Waals surface area contributed by atoms with Crippen LogP contribution in [0.2, 0.25) is 0 Å². The molecule has 0 amide bonds. The molecule has 0 heterocycles. The second kappa shape index (κ2) is 10.9. The predicted molar refractivity (Wildman–Crippen MR) is 130 cm³/mol. The van der Waals surface area contributed by atoms with Crippen molar-refractivity contribution in [2.24, 2.45) is 40.4 Å². The zero-order valence-corrected chi connectivity index (χ0v) is 21.7. The van der Waals surface area contributed by atoms with Gasteiger partial charge in [-0.15, -0.1) is 0 Å². The van der Waals surface area contributed by atoms with Gasteiger partial charge in [0.1, 0.15) is 5.78 Å². The number of nitrogens with zero attached hydrogens (tertiary/aromatic N) is 1. The van der Waals surface area contributed by atoms with Crippen molar-refractivity contribution in [2.75, 3.05) is 14.1 Å². The van der Waals surface area contributed by atoms with Crippen LogP contribution >= 0.6 is 0 Å². The molecule has 4 aliphatic rings. The van der Waals surface area contributed by atoms with Crippen LogP contribution in [0.3, 0.4) is 0 Å². The normalized spacial score (nSPS) is 44.1. The van der Waals surface area contributed by atoms with Crippen LogP contribution in [0.15, 0.2) is 0 Å². The minimum absolute atomic E-state index is 0. The quantitative estimate of drug-likeness (QED) is 0.516. The Hall–Kier alpha value is -0.410. The number of fused-ring (bicyclic) bond motifs is 5. The maximum atomic E-state index is 12.4. The largest absolute Gasteiger partial charge is 0.412 e. The van der Waals surface area contributed by atoms with Crippen molar-refractivity contribution in [1.29, 1.82) is 0 Å². The van der Waals surface area contributed by atoms with Crippen molar-refractivity contribution in [2.45, 2.75) is 112 Å². The summed E-state index contributed by atoms with van der Waals surface area (Å²) in [6.45, 7) is 15.0. The van der Waals surface area contributed by atoms with Gasteiger partial charge in [-0.25, -0.2) is 0 Å². The van der Waals surface area contributed by atoms with Gasteiger partial charge in [-0.1, -0.05) is 54.4 Å². The van der Waals surface area contributed by atoms with Crippen LogP contribution in [0.4, 0.5) is 0 Å². The molecule has 3 heteroatoms. The average Bonchev–Trinajstić information content (AvgIpc) is 3.07. The average molecular weight is 424 g/mol. The summed E-state index contributed by atoms with van der Waals surface area (Å²) in [6.07, 6.45) is 12.4. The summed E-state index contributed by atoms with van der Waals surface area (Å²) in [5.74, 6) is 4.23. The third kappa shape index (κ3) is 4.40. The second-order valence-corrected chi connectivity index (χ2v) is 10.8. The topological polar surface area (TPSA) is 51.8 Å². The minimum atomic E-state index is 0. The highest BCUT2D eigenvalue weighted by molar-refractivity contribution is 5.79. The minimum Gasteiger partial charge on any atom is -0.412 e. The molecule has 0 saturated heterocycles. The summed E-state index contributed by atoms with van der Waals surface area (Å²) in [6, 6.07) is 0.664. The molecule has 0 aliphatic heterocycles. The molecule has 4 fully saturated rings. The molecule has 0 aromatic heterocycles. The SMILES string of the molecule is CC.CC.CC(=O)[C@H]1CCC2[C@@H]3CCC4CCCC[C@]4(C)C3[C@@H](N(C)C)CC21C.O. The Morgan fingerprint density at radius 3 is 2.07 bits per heavy atom. The van der Waals surface area contributed by atoms with E-state index in [0.717, 1.165) is 30.1 Å². The summed E-state index contributed by atoms with van der Waals surface area (Å²) in [5.41, 5.74) is 0.797. The molecule has 4 unspecified atom stereocenters. The molecule has 8 atom stereocenters. The lowest BCUT2D eigenvalue weighted by Crippen LogP contribution is -2.61. The van der Waals surface area contributed by atoms with E-state index in [1.165, 1.54) is 51.4 Å². The third-order valence-corrected chi connectivity index (χ3v) is 9.67. The maximum absolute atomic E-state index is 12.4. The van der Waals surface area contributed by atoms with E-state index in [-0.39, 0.29) is 10.9 Å². The predicted octanol–water partition coefficient (Wildman–Crippen LogP) is 6.39. The Kier molecular flexibility index (Phi) is 10.1. The molecule has 2 N–H and O–H groups in total. The summed E-state index contributed by atoms with van der Waals surface area (Å²) in [4.78, 5) is 15.0. The number of carbonyl (C=O) groups excluding carboxylic acids is 1. The highest BCUT2D eigenvalue weighted by Crippen LogP contribution is 2.68. The van der Waals surface area contributed by atoms with E-state index in [2.05, 4.69) is 32.8 Å². The Labute approximate surface area is 188 Å². The van der Waals surface area contributed by atoms with Gasteiger partial charge >= 0.3 is 0 Å². The summed E-state index contributed by atoms with van der Waals surface area (Å²) in [5, 5.41) is 0. The Balaban J connectivity index is 0.000000851. The van der Waals surface area contributed by atoms with E-state index in [1.54, 1.807) is 0 Å². The monoisotopic (exact) mass is 423 g/mol. The summed E-state index contributed by atoms with van der Waals surface area (Å²) < 4.78 is 0. The van der Waals surface area contributed by atoms with Crippen LogP contribution in [0.25, 0.3) is 0 Å². The molecular weight excluding hydrogens is 370 g/mol. The van der Waals surface area contributed by atoms with Gasteiger partial charge in [-0.05, 0) is 100 Å². The lowest BCUT2D eigenvalue weighted by atomic mass is 9.43. The smallest absolute Gasteiger partial charge is 0.133 e. The van der Waals surface area contributed by atoms with E-state index >= 15 is 0 Å². The van der Waals surface area contributed by atoms with Gasteiger partial charge in [0.25, 0.3) is 0 Å². The molecule has 30 heavy (non-hydrogen) atoms. The first-order chi connectivity index (χ1) is 13.8. The Morgan fingerprint density at radius 1 is 0.867 bits per heavy atom. The first-order valence-electron chi connectivity index (χ1n) is 13.0. The molecule has 0 aromatic rings. The highest BCUT2D eigenvalue weighted by atomic mass is 16.1. The molecule has 0 aromatic carbocycles. The fourth-order valence-electron chi connectivity index (χ4n) is 8.59. The molecule has 0 radical (unpaired) electrons. The second-order valence-electron chi connectivity index (χ2n) is 10.8. The molecule has 4 rings (SSSR count). The lowest BCUT2D eigenvalue weighted by molar-refractivity contribution is -0.151. The van der Waals surface area contributed by atoms with Gasteiger partial charge in [-0.3, -0.25) is 4.79 Å². The fraction of sp³-hybridized carbons (Fsp3) is 0.963. The van der Waals surface area contributed by atoms with E-state index < -0.39 is 0 Å². The van der Waals surface area contributed by atoms with Gasteiger partial charge < -0.3 is 10.4 Å². The summed E-state index contributed by atoms with van der Waals surface area (Å²) >= 11 is 0.